The van der Waals surface area contributed by atoms with E-state index in [0.29, 0.717) is 35.2 Å². The fourth-order valence-corrected chi connectivity index (χ4v) is 3.53. The van der Waals surface area contributed by atoms with Crippen LogP contribution in [0.15, 0.2) is 48.0 Å². The van der Waals surface area contributed by atoms with Crippen molar-refractivity contribution in [2.75, 3.05) is 18.4 Å². The third kappa shape index (κ3) is 5.03. The largest absolute Gasteiger partial charge is 0.367 e. The molecule has 0 aliphatic carbocycles. The van der Waals surface area contributed by atoms with Crippen LogP contribution < -0.4 is 10.6 Å². The number of carbonyl (C=O) groups excluding carboxylic acids is 1. The van der Waals surface area contributed by atoms with Crippen LogP contribution in [0.1, 0.15) is 11.3 Å². The molecule has 0 aliphatic rings. The number of benzene rings is 1. The van der Waals surface area contributed by atoms with Gasteiger partial charge in [0.15, 0.2) is 0 Å². The summed E-state index contributed by atoms with van der Waals surface area (Å²) in [7, 11) is 0. The molecule has 0 aliphatic heterocycles. The van der Waals surface area contributed by atoms with Crippen LogP contribution >= 0.6 is 22.9 Å². The smallest absolute Gasteiger partial charge is 0.226 e. The zero-order valence-electron chi connectivity index (χ0n) is 14.3. The minimum absolute atomic E-state index is 0.116. The molecule has 0 bridgehead atoms. The maximum atomic E-state index is 12.1. The Kier molecular flexibility index (Phi) is 6.36. The first-order valence-corrected chi connectivity index (χ1v) is 9.48. The number of halogens is 1. The van der Waals surface area contributed by atoms with Crippen molar-refractivity contribution in [3.8, 4) is 16.6 Å². The first kappa shape index (κ1) is 18.8. The van der Waals surface area contributed by atoms with Crippen molar-refractivity contribution < 1.29 is 4.79 Å². The molecule has 136 valence electrons. The van der Waals surface area contributed by atoms with E-state index in [1.807, 2.05) is 29.6 Å². The highest BCUT2D eigenvalue weighted by atomic mass is 35.5. The highest BCUT2D eigenvalue weighted by molar-refractivity contribution is 7.13. The van der Waals surface area contributed by atoms with Crippen molar-refractivity contribution in [1.82, 2.24) is 15.3 Å². The summed E-state index contributed by atoms with van der Waals surface area (Å²) in [4.78, 5) is 20.7. The first-order chi connectivity index (χ1) is 13.2. The molecule has 0 spiro atoms. The molecule has 0 fully saturated rings. The van der Waals surface area contributed by atoms with Gasteiger partial charge in [-0.3, -0.25) is 4.79 Å². The summed E-state index contributed by atoms with van der Waals surface area (Å²) in [6, 6.07) is 13.0. The van der Waals surface area contributed by atoms with E-state index >= 15 is 0 Å². The molecule has 27 heavy (non-hydrogen) atoms. The summed E-state index contributed by atoms with van der Waals surface area (Å²) in [6.07, 6.45) is 1.81. The number of nitrogens with zero attached hydrogens (tertiary/aromatic N) is 3. The van der Waals surface area contributed by atoms with Gasteiger partial charge >= 0.3 is 0 Å². The van der Waals surface area contributed by atoms with Gasteiger partial charge in [0.1, 0.15) is 16.9 Å². The SMILES string of the molecule is N#Cc1cccnc1NCCNC(=O)Cc1csc(-c2ccccc2Cl)n1. The Morgan fingerprint density at radius 1 is 1.22 bits per heavy atom. The van der Waals surface area contributed by atoms with Crippen molar-refractivity contribution in [2.24, 2.45) is 0 Å². The predicted octanol–water partition coefficient (Wildman–Crippen LogP) is 3.50. The van der Waals surface area contributed by atoms with E-state index in [-0.39, 0.29) is 12.3 Å². The summed E-state index contributed by atoms with van der Waals surface area (Å²) < 4.78 is 0. The Labute approximate surface area is 165 Å². The standard InChI is InChI=1S/C19H16ClN5OS/c20-16-6-2-1-5-15(16)19-25-14(12-27-19)10-17(26)22-8-9-24-18-13(11-21)4-3-7-23-18/h1-7,12H,8-10H2,(H,22,26)(H,23,24). The Morgan fingerprint density at radius 2 is 2.07 bits per heavy atom. The molecular formula is C19H16ClN5OS. The van der Waals surface area contributed by atoms with Crippen LogP contribution in [0.3, 0.4) is 0 Å². The van der Waals surface area contributed by atoms with Crippen LogP contribution in [0.2, 0.25) is 5.02 Å². The number of nitriles is 1. The number of pyridine rings is 1. The number of hydrogen-bond acceptors (Lipinski definition) is 6. The quantitative estimate of drug-likeness (QED) is 0.595. The highest BCUT2D eigenvalue weighted by Crippen LogP contribution is 2.30. The van der Waals surface area contributed by atoms with E-state index < -0.39 is 0 Å². The van der Waals surface area contributed by atoms with E-state index in [9.17, 15) is 4.79 Å². The number of thiazole rings is 1. The molecule has 0 saturated carbocycles. The van der Waals surface area contributed by atoms with Gasteiger partial charge in [-0.05, 0) is 18.2 Å². The summed E-state index contributed by atoms with van der Waals surface area (Å²) in [5.41, 5.74) is 2.04. The fourth-order valence-electron chi connectivity index (χ4n) is 2.39. The van der Waals surface area contributed by atoms with Crippen molar-refractivity contribution in [3.63, 3.8) is 0 Å². The second-order valence-corrected chi connectivity index (χ2v) is 6.85. The molecule has 2 N–H and O–H groups in total. The second-order valence-electron chi connectivity index (χ2n) is 5.59. The molecule has 3 aromatic rings. The average molecular weight is 398 g/mol. The Bertz CT molecular complexity index is 982. The number of carbonyl (C=O) groups is 1. The molecule has 1 aromatic carbocycles. The number of anilines is 1. The zero-order chi connectivity index (χ0) is 19.1. The lowest BCUT2D eigenvalue weighted by Crippen LogP contribution is -2.30. The number of nitrogens with one attached hydrogen (secondary N) is 2. The molecule has 0 atom stereocenters. The van der Waals surface area contributed by atoms with E-state index in [4.69, 9.17) is 16.9 Å². The predicted molar refractivity (Wildman–Crippen MR) is 107 cm³/mol. The van der Waals surface area contributed by atoms with Gasteiger partial charge in [0.2, 0.25) is 5.91 Å². The maximum absolute atomic E-state index is 12.1. The van der Waals surface area contributed by atoms with Crippen LogP contribution in [-0.4, -0.2) is 29.0 Å². The molecule has 6 nitrogen and oxygen atoms in total. The monoisotopic (exact) mass is 397 g/mol. The number of aromatic nitrogens is 2. The van der Waals surface area contributed by atoms with Crippen LogP contribution in [0.5, 0.6) is 0 Å². The molecular weight excluding hydrogens is 382 g/mol. The maximum Gasteiger partial charge on any atom is 0.226 e. The molecule has 0 saturated heterocycles. The van der Waals surface area contributed by atoms with Crippen LogP contribution in [-0.2, 0) is 11.2 Å². The number of amides is 1. The van der Waals surface area contributed by atoms with E-state index in [0.717, 1.165) is 10.6 Å². The summed E-state index contributed by atoms with van der Waals surface area (Å²) in [5.74, 6) is 0.396. The number of hydrogen-bond donors (Lipinski definition) is 2. The van der Waals surface area contributed by atoms with Gasteiger partial charge in [-0.15, -0.1) is 11.3 Å². The lowest BCUT2D eigenvalue weighted by atomic mass is 10.2. The van der Waals surface area contributed by atoms with Crippen molar-refractivity contribution in [1.29, 1.82) is 5.26 Å². The Balaban J connectivity index is 1.48. The summed E-state index contributed by atoms with van der Waals surface area (Å²) in [6.45, 7) is 0.890. The van der Waals surface area contributed by atoms with Crippen molar-refractivity contribution >= 4 is 34.7 Å². The second kappa shape index (κ2) is 9.12. The highest BCUT2D eigenvalue weighted by Gasteiger charge is 2.11. The minimum Gasteiger partial charge on any atom is -0.367 e. The van der Waals surface area contributed by atoms with Gasteiger partial charge in [-0.1, -0.05) is 29.8 Å². The first-order valence-electron chi connectivity index (χ1n) is 8.22. The van der Waals surface area contributed by atoms with Crippen LogP contribution in [0.4, 0.5) is 5.82 Å². The van der Waals surface area contributed by atoms with Crippen LogP contribution in [0, 0.1) is 11.3 Å². The van der Waals surface area contributed by atoms with E-state index in [1.54, 1.807) is 18.3 Å². The lowest BCUT2D eigenvalue weighted by Gasteiger charge is -2.07. The lowest BCUT2D eigenvalue weighted by molar-refractivity contribution is -0.120. The van der Waals surface area contributed by atoms with Crippen molar-refractivity contribution in [2.45, 2.75) is 6.42 Å². The summed E-state index contributed by atoms with van der Waals surface area (Å²) in [5, 5.41) is 18.2. The normalized spacial score (nSPS) is 10.2. The van der Waals surface area contributed by atoms with Crippen molar-refractivity contribution in [3.05, 3.63) is 64.3 Å². The molecule has 0 radical (unpaired) electrons. The molecule has 2 aromatic heterocycles. The van der Waals surface area contributed by atoms with Gasteiger partial charge in [-0.25, -0.2) is 9.97 Å². The van der Waals surface area contributed by atoms with Gasteiger partial charge in [0.25, 0.3) is 0 Å². The third-order valence-electron chi connectivity index (χ3n) is 3.67. The Morgan fingerprint density at radius 3 is 2.89 bits per heavy atom. The van der Waals surface area contributed by atoms with Gasteiger partial charge in [-0.2, -0.15) is 5.26 Å². The average Bonchev–Trinajstić information content (AvgIpc) is 3.14. The van der Waals surface area contributed by atoms with E-state index in [1.165, 1.54) is 11.3 Å². The van der Waals surface area contributed by atoms with E-state index in [2.05, 4.69) is 26.7 Å². The topological polar surface area (TPSA) is 90.7 Å². The zero-order valence-corrected chi connectivity index (χ0v) is 15.8. The van der Waals surface area contributed by atoms with Crippen LogP contribution in [0.25, 0.3) is 10.6 Å². The molecule has 0 unspecified atom stereocenters. The molecule has 2 heterocycles. The third-order valence-corrected chi connectivity index (χ3v) is 4.92. The summed E-state index contributed by atoms with van der Waals surface area (Å²) >= 11 is 7.65. The van der Waals surface area contributed by atoms with Gasteiger partial charge in [0.05, 0.1) is 22.7 Å². The minimum atomic E-state index is -0.116. The molecule has 1 amide bonds. The number of rotatable bonds is 7. The molecule has 8 heteroatoms. The van der Waals surface area contributed by atoms with Gasteiger partial charge in [0, 0.05) is 30.2 Å². The van der Waals surface area contributed by atoms with Gasteiger partial charge < -0.3 is 10.6 Å². The Hall–Kier alpha value is -2.95. The fraction of sp³-hybridized carbons (Fsp3) is 0.158. The molecule has 3 rings (SSSR count).